The highest BCUT2D eigenvalue weighted by Gasteiger charge is 2.32. The average Bonchev–Trinajstić information content (AvgIpc) is 2.31. The molecule has 0 atom stereocenters. The molecule has 15 heavy (non-hydrogen) atoms. The molecular weight excluding hydrogens is 186 g/mol. The minimum absolute atomic E-state index is 0.173. The summed E-state index contributed by atoms with van der Waals surface area (Å²) < 4.78 is 0. The summed E-state index contributed by atoms with van der Waals surface area (Å²) in [4.78, 5) is 0. The number of phenolic OH excluding ortho intramolecular Hbond substituents is 1. The van der Waals surface area contributed by atoms with Gasteiger partial charge in [0.05, 0.1) is 0 Å². The van der Waals surface area contributed by atoms with E-state index >= 15 is 0 Å². The molecule has 0 bridgehead atoms. The largest absolute Gasteiger partial charge is 0.508 e. The molecule has 2 rings (SSSR count). The first-order valence-electron chi connectivity index (χ1n) is 5.76. The van der Waals surface area contributed by atoms with E-state index in [1.807, 2.05) is 12.1 Å². The highest BCUT2D eigenvalue weighted by molar-refractivity contribution is 5.32. The maximum Gasteiger partial charge on any atom is 0.115 e. The summed E-state index contributed by atoms with van der Waals surface area (Å²) in [7, 11) is 0. The maximum absolute atomic E-state index is 9.28. The topological polar surface area (TPSA) is 46.2 Å². The van der Waals surface area contributed by atoms with Crippen LogP contribution in [0.4, 0.5) is 0 Å². The Morgan fingerprint density at radius 1 is 1.07 bits per heavy atom. The first-order valence-corrected chi connectivity index (χ1v) is 5.76. The minimum Gasteiger partial charge on any atom is -0.508 e. The third-order valence-electron chi connectivity index (χ3n) is 3.68. The molecule has 0 unspecified atom stereocenters. The van der Waals surface area contributed by atoms with Crippen LogP contribution in [0.3, 0.4) is 0 Å². The number of phenols is 1. The summed E-state index contributed by atoms with van der Waals surface area (Å²) in [5.74, 6) is 0.335. The molecule has 2 heteroatoms. The van der Waals surface area contributed by atoms with Gasteiger partial charge >= 0.3 is 0 Å². The van der Waals surface area contributed by atoms with Gasteiger partial charge in [0.1, 0.15) is 5.75 Å². The molecule has 0 radical (unpaired) electrons. The van der Waals surface area contributed by atoms with Crippen molar-refractivity contribution in [3.8, 4) is 5.75 Å². The molecule has 0 saturated heterocycles. The first kappa shape index (κ1) is 10.5. The van der Waals surface area contributed by atoms with Crippen LogP contribution in [-0.4, -0.2) is 11.7 Å². The molecule has 0 heterocycles. The smallest absolute Gasteiger partial charge is 0.115 e. The lowest BCUT2D eigenvalue weighted by Crippen LogP contribution is -2.37. The second-order valence-corrected chi connectivity index (χ2v) is 4.59. The van der Waals surface area contributed by atoms with Gasteiger partial charge in [-0.15, -0.1) is 0 Å². The van der Waals surface area contributed by atoms with Crippen molar-refractivity contribution in [2.75, 3.05) is 6.54 Å². The normalized spacial score (nSPS) is 20.1. The van der Waals surface area contributed by atoms with Crippen molar-refractivity contribution < 1.29 is 5.11 Å². The third-order valence-corrected chi connectivity index (χ3v) is 3.68. The van der Waals surface area contributed by atoms with E-state index < -0.39 is 0 Å². The Bertz CT molecular complexity index is 312. The maximum atomic E-state index is 9.28. The molecule has 1 fully saturated rings. The Labute approximate surface area is 91.1 Å². The molecule has 82 valence electrons. The zero-order chi connectivity index (χ0) is 10.7. The number of aromatic hydroxyl groups is 1. The molecule has 0 aliphatic heterocycles. The van der Waals surface area contributed by atoms with E-state index in [0.717, 1.165) is 6.54 Å². The van der Waals surface area contributed by atoms with E-state index in [-0.39, 0.29) is 5.41 Å². The number of hydrogen-bond donors (Lipinski definition) is 2. The Balaban J connectivity index is 2.28. The van der Waals surface area contributed by atoms with Crippen LogP contribution in [-0.2, 0) is 5.41 Å². The van der Waals surface area contributed by atoms with E-state index in [1.54, 1.807) is 12.1 Å². The fraction of sp³-hybridized carbons (Fsp3) is 0.538. The van der Waals surface area contributed by atoms with Crippen molar-refractivity contribution in [2.45, 2.75) is 37.5 Å². The van der Waals surface area contributed by atoms with Crippen LogP contribution in [0.2, 0.25) is 0 Å². The summed E-state index contributed by atoms with van der Waals surface area (Å²) in [6.45, 7) is 0.720. The van der Waals surface area contributed by atoms with Gasteiger partial charge in [-0.25, -0.2) is 0 Å². The number of nitrogens with two attached hydrogens (primary N) is 1. The Hall–Kier alpha value is -1.02. The zero-order valence-electron chi connectivity index (χ0n) is 9.08. The minimum atomic E-state index is 0.173. The van der Waals surface area contributed by atoms with E-state index in [2.05, 4.69) is 0 Å². The van der Waals surface area contributed by atoms with Crippen LogP contribution in [0.25, 0.3) is 0 Å². The fourth-order valence-corrected chi connectivity index (χ4v) is 2.65. The van der Waals surface area contributed by atoms with Gasteiger partial charge in [-0.05, 0) is 30.5 Å². The Morgan fingerprint density at radius 2 is 1.67 bits per heavy atom. The molecule has 2 nitrogen and oxygen atoms in total. The first-order chi connectivity index (χ1) is 7.27. The van der Waals surface area contributed by atoms with Gasteiger partial charge in [0.25, 0.3) is 0 Å². The molecule has 1 aliphatic carbocycles. The van der Waals surface area contributed by atoms with Crippen LogP contribution in [0.1, 0.15) is 37.7 Å². The number of hydrogen-bond acceptors (Lipinski definition) is 2. The summed E-state index contributed by atoms with van der Waals surface area (Å²) in [6, 6.07) is 7.57. The van der Waals surface area contributed by atoms with Gasteiger partial charge in [-0.2, -0.15) is 0 Å². The van der Waals surface area contributed by atoms with Crippen LogP contribution in [0, 0.1) is 0 Å². The van der Waals surface area contributed by atoms with Crippen molar-refractivity contribution in [1.82, 2.24) is 0 Å². The fourth-order valence-electron chi connectivity index (χ4n) is 2.65. The predicted molar refractivity (Wildman–Crippen MR) is 61.9 cm³/mol. The molecule has 1 aromatic carbocycles. The molecule has 0 amide bonds. The lowest BCUT2D eigenvalue weighted by Gasteiger charge is -2.36. The van der Waals surface area contributed by atoms with Gasteiger partial charge in [-0.1, -0.05) is 31.4 Å². The van der Waals surface area contributed by atoms with Crippen molar-refractivity contribution in [3.05, 3.63) is 29.8 Å². The predicted octanol–water partition coefficient (Wildman–Crippen LogP) is 2.55. The van der Waals surface area contributed by atoms with E-state index in [1.165, 1.54) is 37.7 Å². The monoisotopic (exact) mass is 205 g/mol. The molecular formula is C13H19NO. The van der Waals surface area contributed by atoms with Crippen molar-refractivity contribution in [3.63, 3.8) is 0 Å². The van der Waals surface area contributed by atoms with Gasteiger partial charge in [0, 0.05) is 12.0 Å². The van der Waals surface area contributed by atoms with E-state index in [4.69, 9.17) is 5.73 Å². The van der Waals surface area contributed by atoms with Crippen molar-refractivity contribution in [1.29, 1.82) is 0 Å². The second-order valence-electron chi connectivity index (χ2n) is 4.59. The second kappa shape index (κ2) is 4.23. The number of rotatable bonds is 2. The van der Waals surface area contributed by atoms with Crippen LogP contribution >= 0.6 is 0 Å². The quantitative estimate of drug-likeness (QED) is 0.779. The van der Waals surface area contributed by atoms with Crippen LogP contribution in [0.15, 0.2) is 24.3 Å². The lowest BCUT2D eigenvalue weighted by molar-refractivity contribution is 0.300. The SMILES string of the molecule is NCC1(c2ccc(O)cc2)CCCCC1. The summed E-state index contributed by atoms with van der Waals surface area (Å²) in [5.41, 5.74) is 7.41. The Morgan fingerprint density at radius 3 is 2.20 bits per heavy atom. The van der Waals surface area contributed by atoms with Gasteiger partial charge in [0.15, 0.2) is 0 Å². The standard InChI is InChI=1S/C13H19NO/c14-10-13(8-2-1-3-9-13)11-4-6-12(15)7-5-11/h4-7,15H,1-3,8-10,14H2. The van der Waals surface area contributed by atoms with Gasteiger partial charge < -0.3 is 10.8 Å². The molecule has 1 saturated carbocycles. The highest BCUT2D eigenvalue weighted by atomic mass is 16.3. The molecule has 0 aromatic heterocycles. The lowest BCUT2D eigenvalue weighted by atomic mass is 9.69. The molecule has 1 aliphatic rings. The number of benzene rings is 1. The summed E-state index contributed by atoms with van der Waals surface area (Å²) >= 11 is 0. The van der Waals surface area contributed by atoms with Crippen molar-refractivity contribution in [2.24, 2.45) is 5.73 Å². The zero-order valence-corrected chi connectivity index (χ0v) is 9.08. The van der Waals surface area contributed by atoms with Crippen LogP contribution < -0.4 is 5.73 Å². The molecule has 3 N–H and O–H groups in total. The average molecular weight is 205 g/mol. The molecule has 0 spiro atoms. The summed E-state index contributed by atoms with van der Waals surface area (Å²) in [5, 5.41) is 9.28. The van der Waals surface area contributed by atoms with E-state index in [9.17, 15) is 5.11 Å². The van der Waals surface area contributed by atoms with Crippen molar-refractivity contribution >= 4 is 0 Å². The molecule has 1 aromatic rings. The van der Waals surface area contributed by atoms with Gasteiger partial charge in [0.2, 0.25) is 0 Å². The van der Waals surface area contributed by atoms with E-state index in [0.29, 0.717) is 5.75 Å². The Kier molecular flexibility index (Phi) is 2.96. The third kappa shape index (κ3) is 2.00. The van der Waals surface area contributed by atoms with Gasteiger partial charge in [-0.3, -0.25) is 0 Å². The highest BCUT2D eigenvalue weighted by Crippen LogP contribution is 2.38. The van der Waals surface area contributed by atoms with Crippen LogP contribution in [0.5, 0.6) is 5.75 Å². The summed E-state index contributed by atoms with van der Waals surface area (Å²) in [6.07, 6.45) is 6.26.